The van der Waals surface area contributed by atoms with Gasteiger partial charge in [0.2, 0.25) is 0 Å². The van der Waals surface area contributed by atoms with Gasteiger partial charge in [-0.15, -0.1) is 0 Å². The molecule has 2 aliphatic heterocycles. The third-order valence-electron chi connectivity index (χ3n) is 14.7. The second-order valence-electron chi connectivity index (χ2n) is 21.5. The van der Waals surface area contributed by atoms with E-state index >= 15 is 0 Å². The van der Waals surface area contributed by atoms with Gasteiger partial charge in [-0.1, -0.05) is 230 Å². The monoisotopic (exact) mass is 1070 g/mol. The molecule has 75 heavy (non-hydrogen) atoms. The lowest BCUT2D eigenvalue weighted by molar-refractivity contribution is -0.332. The Labute approximate surface area is 455 Å². The normalized spacial score (nSPS) is 24.8. The summed E-state index contributed by atoms with van der Waals surface area (Å²) in [6, 6.07) is 0. The smallest absolute Gasteiger partial charge is 0.306 e. The van der Waals surface area contributed by atoms with Gasteiger partial charge >= 0.3 is 5.97 Å². The van der Waals surface area contributed by atoms with E-state index in [4.69, 9.17) is 28.4 Å². The van der Waals surface area contributed by atoms with Gasteiger partial charge in [0.05, 0.1) is 26.4 Å². The SMILES string of the molecule is CC/C=C\C/C=C\C/C=C\CCCCCCCCCC(=O)OC(COCCCCCCCCCCCCCCCCCCCCCCCCCC)COC1OC(COC2OC(CO)C(O)C(O)C2O)C(O)C(O)C1O. The van der Waals surface area contributed by atoms with Crippen LogP contribution in [0.25, 0.3) is 0 Å². The molecule has 0 bridgehead atoms. The fourth-order valence-electron chi connectivity index (χ4n) is 9.77. The summed E-state index contributed by atoms with van der Waals surface area (Å²) in [4.78, 5) is 13.1. The van der Waals surface area contributed by atoms with Gasteiger partial charge in [0.25, 0.3) is 0 Å². The Morgan fingerprint density at radius 2 is 0.867 bits per heavy atom. The van der Waals surface area contributed by atoms with Crippen molar-refractivity contribution in [3.05, 3.63) is 36.5 Å². The van der Waals surface area contributed by atoms with Gasteiger partial charge in [0.1, 0.15) is 54.9 Å². The number of unbranched alkanes of at least 4 members (excludes halogenated alkanes) is 30. The molecule has 0 amide bonds. The lowest BCUT2D eigenvalue weighted by Gasteiger charge is -2.42. The lowest BCUT2D eigenvalue weighted by Crippen LogP contribution is -2.61. The van der Waals surface area contributed by atoms with E-state index in [2.05, 4.69) is 50.3 Å². The number of aliphatic hydroxyl groups is 7. The first-order valence-corrected chi connectivity index (χ1v) is 30.6. The second kappa shape index (κ2) is 48.1. The molecule has 14 heteroatoms. The van der Waals surface area contributed by atoms with Crippen LogP contribution < -0.4 is 0 Å². The van der Waals surface area contributed by atoms with Crippen LogP contribution in [0.4, 0.5) is 0 Å². The highest BCUT2D eigenvalue weighted by Crippen LogP contribution is 2.27. The summed E-state index contributed by atoms with van der Waals surface area (Å²) >= 11 is 0. The Bertz CT molecular complexity index is 1380. The third kappa shape index (κ3) is 34.7. The Balaban J connectivity index is 1.68. The molecule has 0 saturated carbocycles. The minimum atomic E-state index is -1.71. The largest absolute Gasteiger partial charge is 0.457 e. The summed E-state index contributed by atoms with van der Waals surface area (Å²) in [5, 5.41) is 72.4. The maximum Gasteiger partial charge on any atom is 0.306 e. The van der Waals surface area contributed by atoms with Crippen LogP contribution in [0, 0.1) is 0 Å². The van der Waals surface area contributed by atoms with E-state index in [0.717, 1.165) is 64.2 Å². The van der Waals surface area contributed by atoms with Gasteiger partial charge in [-0.2, -0.15) is 0 Å². The number of carbonyl (C=O) groups is 1. The molecule has 0 spiro atoms. The Hall–Kier alpha value is -1.79. The van der Waals surface area contributed by atoms with E-state index in [1.807, 2.05) is 0 Å². The number of esters is 1. The molecule has 2 aliphatic rings. The first-order chi connectivity index (χ1) is 36.6. The highest BCUT2D eigenvalue weighted by molar-refractivity contribution is 5.69. The molecular weight excluding hydrogens is 957 g/mol. The van der Waals surface area contributed by atoms with E-state index in [-0.39, 0.29) is 25.6 Å². The van der Waals surface area contributed by atoms with Gasteiger partial charge < -0.3 is 64.2 Å². The molecule has 2 rings (SSSR count). The minimum absolute atomic E-state index is 0.0608. The van der Waals surface area contributed by atoms with Crippen LogP contribution in [0.3, 0.4) is 0 Å². The molecule has 2 heterocycles. The predicted molar refractivity (Wildman–Crippen MR) is 298 cm³/mol. The Kier molecular flexibility index (Phi) is 44.5. The lowest BCUT2D eigenvalue weighted by atomic mass is 9.98. The maximum atomic E-state index is 13.1. The first-order valence-electron chi connectivity index (χ1n) is 30.6. The zero-order chi connectivity index (χ0) is 54.4. The molecule has 440 valence electrons. The molecule has 0 aromatic carbocycles. The summed E-state index contributed by atoms with van der Waals surface area (Å²) in [5.74, 6) is -0.382. The molecule has 14 nitrogen and oxygen atoms in total. The van der Waals surface area contributed by atoms with Crippen molar-refractivity contribution in [3.63, 3.8) is 0 Å². The number of hydrogen-bond donors (Lipinski definition) is 7. The van der Waals surface area contributed by atoms with Crippen molar-refractivity contribution in [2.24, 2.45) is 0 Å². The van der Waals surface area contributed by atoms with Crippen molar-refractivity contribution >= 4 is 5.97 Å². The van der Waals surface area contributed by atoms with Crippen LogP contribution in [0.15, 0.2) is 36.5 Å². The highest BCUT2D eigenvalue weighted by atomic mass is 16.7. The van der Waals surface area contributed by atoms with Crippen molar-refractivity contribution in [3.8, 4) is 0 Å². The van der Waals surface area contributed by atoms with Gasteiger partial charge in [0, 0.05) is 13.0 Å². The molecular formula is C61H112O14. The summed E-state index contributed by atoms with van der Waals surface area (Å²) < 4.78 is 34.4. The number of aliphatic hydroxyl groups excluding tert-OH is 7. The van der Waals surface area contributed by atoms with Crippen molar-refractivity contribution < 1.29 is 69.0 Å². The number of rotatable bonds is 50. The van der Waals surface area contributed by atoms with Crippen LogP contribution in [-0.2, 0) is 33.2 Å². The van der Waals surface area contributed by atoms with Crippen LogP contribution >= 0.6 is 0 Å². The van der Waals surface area contributed by atoms with Crippen LogP contribution in [-0.4, -0.2) is 142 Å². The number of allylic oxidation sites excluding steroid dienone is 6. The number of hydrogen-bond acceptors (Lipinski definition) is 14. The molecule has 2 fully saturated rings. The van der Waals surface area contributed by atoms with E-state index in [0.29, 0.717) is 13.0 Å². The predicted octanol–water partition coefficient (Wildman–Crippen LogP) is 11.3. The van der Waals surface area contributed by atoms with Gasteiger partial charge in [-0.25, -0.2) is 0 Å². The van der Waals surface area contributed by atoms with Crippen molar-refractivity contribution in [2.75, 3.05) is 33.0 Å². The van der Waals surface area contributed by atoms with E-state index in [9.17, 15) is 40.5 Å². The van der Waals surface area contributed by atoms with E-state index in [1.165, 1.54) is 154 Å². The first kappa shape index (κ1) is 69.3. The standard InChI is InChI=1S/C61H112O14/c1-3-5-7-9-11-13-15-17-19-21-22-23-24-25-26-27-29-31-33-35-37-39-41-43-45-70-47-50(73-53(63)44-42-40-38-36-34-32-30-28-20-18-16-14-12-10-8-6-4-2)48-71-60-59(69)57(67)55(65)52(75-60)49-72-61-58(68)56(66)54(64)51(46-62)74-61/h6,8,12,14,18,20,50-52,54-62,64-69H,3-5,7,9-11,13,15-17,19,21-49H2,1-2H3/b8-6-,14-12-,20-18-. The van der Waals surface area contributed by atoms with Crippen molar-refractivity contribution in [1.29, 1.82) is 0 Å². The number of carbonyl (C=O) groups excluding carboxylic acids is 1. The summed E-state index contributed by atoms with van der Waals surface area (Å²) in [5.41, 5.74) is 0. The Morgan fingerprint density at radius 3 is 1.36 bits per heavy atom. The van der Waals surface area contributed by atoms with Crippen LogP contribution in [0.1, 0.15) is 245 Å². The summed E-state index contributed by atoms with van der Waals surface area (Å²) in [7, 11) is 0. The van der Waals surface area contributed by atoms with Crippen molar-refractivity contribution in [2.45, 2.75) is 313 Å². The fourth-order valence-corrected chi connectivity index (χ4v) is 9.77. The average molecular weight is 1070 g/mol. The molecule has 0 aromatic heterocycles. The molecule has 11 unspecified atom stereocenters. The quantitative estimate of drug-likeness (QED) is 0.0172. The number of ether oxygens (including phenoxy) is 6. The molecule has 0 aromatic rings. The molecule has 0 radical (unpaired) electrons. The molecule has 2 saturated heterocycles. The minimum Gasteiger partial charge on any atom is -0.457 e. The third-order valence-corrected chi connectivity index (χ3v) is 14.7. The zero-order valence-electron chi connectivity index (χ0n) is 47.3. The second-order valence-corrected chi connectivity index (χ2v) is 21.5. The van der Waals surface area contributed by atoms with Gasteiger partial charge in [-0.05, 0) is 44.9 Å². The fraction of sp³-hybridized carbons (Fsp3) is 0.885. The maximum absolute atomic E-state index is 13.1. The summed E-state index contributed by atoms with van der Waals surface area (Å²) in [6.45, 7) is 3.61. The zero-order valence-corrected chi connectivity index (χ0v) is 47.3. The molecule has 0 aliphatic carbocycles. The van der Waals surface area contributed by atoms with E-state index < -0.39 is 80.7 Å². The highest BCUT2D eigenvalue weighted by Gasteiger charge is 2.47. The molecule has 7 N–H and O–H groups in total. The van der Waals surface area contributed by atoms with Crippen LogP contribution in [0.2, 0.25) is 0 Å². The van der Waals surface area contributed by atoms with Gasteiger partial charge in [-0.3, -0.25) is 4.79 Å². The average Bonchev–Trinajstić information content (AvgIpc) is 3.41. The van der Waals surface area contributed by atoms with Gasteiger partial charge in [0.15, 0.2) is 12.6 Å². The summed E-state index contributed by atoms with van der Waals surface area (Å²) in [6.07, 6.45) is 40.7. The topological polar surface area (TPSA) is 214 Å². The van der Waals surface area contributed by atoms with E-state index in [1.54, 1.807) is 0 Å². The van der Waals surface area contributed by atoms with Crippen molar-refractivity contribution in [1.82, 2.24) is 0 Å². The Morgan fingerprint density at radius 1 is 0.453 bits per heavy atom. The molecule has 11 atom stereocenters. The van der Waals surface area contributed by atoms with Crippen LogP contribution in [0.5, 0.6) is 0 Å².